The Balaban J connectivity index is 0.00000155. The van der Waals surface area contributed by atoms with E-state index in [0.29, 0.717) is 12.1 Å². The number of rotatable bonds is 5. The van der Waals surface area contributed by atoms with E-state index in [2.05, 4.69) is 74.9 Å². The van der Waals surface area contributed by atoms with Gasteiger partial charge in [-0.15, -0.1) is 13.2 Å². The molecule has 2 aromatic carbocycles. The van der Waals surface area contributed by atoms with Crippen molar-refractivity contribution in [3.8, 4) is 11.3 Å². The van der Waals surface area contributed by atoms with Crippen molar-refractivity contribution >= 4 is 10.9 Å². The van der Waals surface area contributed by atoms with Crippen molar-refractivity contribution in [3.05, 3.63) is 97.1 Å². The molecule has 0 spiro atoms. The first-order chi connectivity index (χ1) is 14.3. The standard InChI is InChI=1S/C25H29NO2.C2H4/c1-5-10-19(24(27)28)15-16-26-22(18-11-7-6-8-12-18)17-20-13-9-14-21(23(20)26)25(2,3)4;1-2/h5-15,17,24,27-28H,16H2,1-4H3;1-2H2/b10-5-,19-15+;. The summed E-state index contributed by atoms with van der Waals surface area (Å²) in [6.07, 6.45) is 3.96. The van der Waals surface area contributed by atoms with Gasteiger partial charge in [0.15, 0.2) is 6.29 Å². The Kier molecular flexibility index (Phi) is 7.99. The minimum Gasteiger partial charge on any atom is -0.364 e. The first-order valence-electron chi connectivity index (χ1n) is 10.2. The van der Waals surface area contributed by atoms with Crippen molar-refractivity contribution in [2.45, 2.75) is 45.9 Å². The molecule has 0 aliphatic rings. The number of aliphatic hydroxyl groups is 2. The van der Waals surface area contributed by atoms with Gasteiger partial charge in [0.25, 0.3) is 0 Å². The van der Waals surface area contributed by atoms with Gasteiger partial charge < -0.3 is 14.8 Å². The number of aromatic nitrogens is 1. The summed E-state index contributed by atoms with van der Waals surface area (Å²) in [5.41, 5.74) is 5.22. The van der Waals surface area contributed by atoms with Crippen LogP contribution < -0.4 is 0 Å². The Labute approximate surface area is 180 Å². The van der Waals surface area contributed by atoms with E-state index < -0.39 is 6.29 Å². The molecule has 0 bridgehead atoms. The van der Waals surface area contributed by atoms with Crippen LogP contribution in [0.15, 0.2) is 91.6 Å². The number of fused-ring (bicyclic) bond motifs is 1. The largest absolute Gasteiger partial charge is 0.364 e. The molecular weight excluding hydrogens is 370 g/mol. The van der Waals surface area contributed by atoms with Crippen LogP contribution in [0.1, 0.15) is 33.3 Å². The summed E-state index contributed by atoms with van der Waals surface area (Å²) in [7, 11) is 0. The lowest BCUT2D eigenvalue weighted by Gasteiger charge is -2.22. The van der Waals surface area contributed by atoms with Gasteiger partial charge in [-0.05, 0) is 29.5 Å². The van der Waals surface area contributed by atoms with Crippen molar-refractivity contribution < 1.29 is 10.2 Å². The van der Waals surface area contributed by atoms with Crippen LogP contribution >= 0.6 is 0 Å². The van der Waals surface area contributed by atoms with Crippen molar-refractivity contribution in [3.63, 3.8) is 0 Å². The molecule has 0 radical (unpaired) electrons. The minimum atomic E-state index is -1.49. The maximum atomic E-state index is 9.68. The van der Waals surface area contributed by atoms with Crippen molar-refractivity contribution in [1.82, 2.24) is 4.57 Å². The Bertz CT molecular complexity index is 1020. The SMILES string of the molecule is C/C=C\C(=C/Cn1c(-c2ccccc2)cc2cccc(C(C)(C)C)c21)C(O)O.C=C. The summed E-state index contributed by atoms with van der Waals surface area (Å²) in [6, 6.07) is 19.0. The highest BCUT2D eigenvalue weighted by atomic mass is 16.5. The molecule has 2 N–H and O–H groups in total. The van der Waals surface area contributed by atoms with E-state index in [0.717, 1.165) is 11.3 Å². The van der Waals surface area contributed by atoms with Crippen molar-refractivity contribution in [2.24, 2.45) is 0 Å². The van der Waals surface area contributed by atoms with Crippen LogP contribution in [0.5, 0.6) is 0 Å². The molecule has 3 rings (SSSR count). The van der Waals surface area contributed by atoms with E-state index in [1.54, 1.807) is 6.08 Å². The zero-order valence-electron chi connectivity index (χ0n) is 18.5. The first-order valence-corrected chi connectivity index (χ1v) is 10.2. The van der Waals surface area contributed by atoms with E-state index in [9.17, 15) is 10.2 Å². The van der Waals surface area contributed by atoms with Crippen LogP contribution in [0.4, 0.5) is 0 Å². The topological polar surface area (TPSA) is 45.4 Å². The van der Waals surface area contributed by atoms with E-state index >= 15 is 0 Å². The lowest BCUT2D eigenvalue weighted by atomic mass is 9.86. The predicted octanol–water partition coefficient (Wildman–Crippen LogP) is 6.22. The highest BCUT2D eigenvalue weighted by Gasteiger charge is 2.21. The summed E-state index contributed by atoms with van der Waals surface area (Å²) in [5, 5.41) is 20.6. The Morgan fingerprint density at radius 1 is 1.03 bits per heavy atom. The Morgan fingerprint density at radius 3 is 2.27 bits per heavy atom. The van der Waals surface area contributed by atoms with Crippen LogP contribution in [0, 0.1) is 0 Å². The highest BCUT2D eigenvalue weighted by Crippen LogP contribution is 2.35. The highest BCUT2D eigenvalue weighted by molar-refractivity contribution is 5.90. The summed E-state index contributed by atoms with van der Waals surface area (Å²) in [5.74, 6) is 0. The van der Waals surface area contributed by atoms with Crippen molar-refractivity contribution in [2.75, 3.05) is 0 Å². The van der Waals surface area contributed by atoms with Crippen LogP contribution in [0.25, 0.3) is 22.2 Å². The molecule has 158 valence electrons. The molecule has 0 aliphatic heterocycles. The Morgan fingerprint density at radius 2 is 1.70 bits per heavy atom. The lowest BCUT2D eigenvalue weighted by molar-refractivity contribution is -0.00512. The van der Waals surface area contributed by atoms with Crippen molar-refractivity contribution in [1.29, 1.82) is 0 Å². The van der Waals surface area contributed by atoms with Crippen LogP contribution in [-0.2, 0) is 12.0 Å². The molecule has 0 atom stereocenters. The van der Waals surface area contributed by atoms with Gasteiger partial charge in [-0.1, -0.05) is 87.5 Å². The molecule has 0 unspecified atom stereocenters. The van der Waals surface area contributed by atoms with Crippen LogP contribution in [0.3, 0.4) is 0 Å². The minimum absolute atomic E-state index is 0.00404. The van der Waals surface area contributed by atoms with E-state index in [4.69, 9.17) is 0 Å². The lowest BCUT2D eigenvalue weighted by Crippen LogP contribution is -2.14. The van der Waals surface area contributed by atoms with Gasteiger partial charge in [0.2, 0.25) is 0 Å². The van der Waals surface area contributed by atoms with E-state index in [-0.39, 0.29) is 5.41 Å². The third-order valence-corrected chi connectivity index (χ3v) is 4.96. The summed E-state index contributed by atoms with van der Waals surface area (Å²) < 4.78 is 2.27. The number of aliphatic hydroxyl groups excluding tert-OH is 1. The number of nitrogens with zero attached hydrogens (tertiary/aromatic N) is 1. The second-order valence-electron chi connectivity index (χ2n) is 8.08. The number of hydrogen-bond donors (Lipinski definition) is 2. The molecule has 3 aromatic rings. The zero-order valence-corrected chi connectivity index (χ0v) is 18.5. The predicted molar refractivity (Wildman–Crippen MR) is 128 cm³/mol. The monoisotopic (exact) mass is 403 g/mol. The van der Waals surface area contributed by atoms with Crippen LogP contribution in [-0.4, -0.2) is 21.1 Å². The fraction of sp³-hybridized carbons (Fsp3) is 0.259. The summed E-state index contributed by atoms with van der Waals surface area (Å²) in [4.78, 5) is 0. The molecular formula is C27H33NO2. The molecule has 3 heteroatoms. The number of allylic oxidation sites excluding steroid dienone is 2. The van der Waals surface area contributed by atoms with E-state index in [1.165, 1.54) is 16.5 Å². The normalized spacial score (nSPS) is 12.4. The first kappa shape index (κ1) is 23.4. The average molecular weight is 404 g/mol. The summed E-state index contributed by atoms with van der Waals surface area (Å²) >= 11 is 0. The van der Waals surface area contributed by atoms with Gasteiger partial charge in [-0.2, -0.15) is 0 Å². The smallest absolute Gasteiger partial charge is 0.178 e. The van der Waals surface area contributed by atoms with Gasteiger partial charge >= 0.3 is 0 Å². The average Bonchev–Trinajstić information content (AvgIpc) is 3.11. The van der Waals surface area contributed by atoms with Crippen LogP contribution in [0.2, 0.25) is 0 Å². The summed E-state index contributed by atoms with van der Waals surface area (Å²) in [6.45, 7) is 15.1. The Hall–Kier alpha value is -2.88. The molecule has 0 amide bonds. The van der Waals surface area contributed by atoms with Gasteiger partial charge in [0, 0.05) is 23.2 Å². The third-order valence-electron chi connectivity index (χ3n) is 4.96. The van der Waals surface area contributed by atoms with E-state index in [1.807, 2.05) is 37.3 Å². The second-order valence-corrected chi connectivity index (χ2v) is 8.08. The molecule has 0 fully saturated rings. The number of hydrogen-bond acceptors (Lipinski definition) is 2. The molecule has 0 saturated carbocycles. The number of benzene rings is 2. The zero-order chi connectivity index (χ0) is 22.3. The molecule has 0 saturated heterocycles. The maximum absolute atomic E-state index is 9.68. The number of para-hydroxylation sites is 1. The van der Waals surface area contributed by atoms with Gasteiger partial charge in [0.05, 0.1) is 5.52 Å². The molecule has 1 aromatic heterocycles. The maximum Gasteiger partial charge on any atom is 0.178 e. The molecule has 30 heavy (non-hydrogen) atoms. The molecule has 0 aliphatic carbocycles. The van der Waals surface area contributed by atoms with Gasteiger partial charge in [-0.3, -0.25) is 0 Å². The fourth-order valence-corrected chi connectivity index (χ4v) is 3.62. The molecule has 3 nitrogen and oxygen atoms in total. The fourth-order valence-electron chi connectivity index (χ4n) is 3.62. The quantitative estimate of drug-likeness (QED) is 0.302. The molecule has 1 heterocycles. The van der Waals surface area contributed by atoms with Gasteiger partial charge in [-0.25, -0.2) is 0 Å². The van der Waals surface area contributed by atoms with Gasteiger partial charge in [0.1, 0.15) is 0 Å². The second kappa shape index (κ2) is 10.2. The third kappa shape index (κ3) is 5.18.